The topological polar surface area (TPSA) is 98.5 Å². The van der Waals surface area contributed by atoms with Crippen molar-refractivity contribution < 1.29 is 0 Å². The van der Waals surface area contributed by atoms with E-state index in [0.717, 1.165) is 50.5 Å². The number of hydrogen-bond acceptors (Lipinski definition) is 4. The molecular formula is C21H18N6. The lowest BCUT2D eigenvalue weighted by atomic mass is 10.2. The molecule has 0 aliphatic carbocycles. The van der Waals surface area contributed by atoms with Crippen LogP contribution in [-0.2, 0) is 7.05 Å². The third kappa shape index (κ3) is 2.50. The van der Waals surface area contributed by atoms with E-state index in [-0.39, 0.29) is 0 Å². The highest BCUT2D eigenvalue weighted by molar-refractivity contribution is 5.87. The standard InChI is InChI=1S/C21H18N6/c1-27-19-9-7-15(23)11-18(19)26-21(27)13-4-8-16-17(10-13)25-20(24-16)12-2-5-14(22)6-3-12/h2-11H,22-23H2,1H3,(H,24,25). The second-order valence-electron chi connectivity index (χ2n) is 6.68. The Bertz CT molecular complexity index is 1290. The monoisotopic (exact) mass is 354 g/mol. The van der Waals surface area contributed by atoms with Gasteiger partial charge < -0.3 is 21.0 Å². The lowest BCUT2D eigenvalue weighted by Crippen LogP contribution is -1.92. The number of anilines is 2. The molecule has 3 aromatic carbocycles. The van der Waals surface area contributed by atoms with Crippen molar-refractivity contribution in [1.82, 2.24) is 19.5 Å². The van der Waals surface area contributed by atoms with E-state index in [0.29, 0.717) is 5.69 Å². The van der Waals surface area contributed by atoms with Gasteiger partial charge in [0.05, 0.1) is 22.1 Å². The molecule has 0 spiro atoms. The molecule has 5 N–H and O–H groups in total. The van der Waals surface area contributed by atoms with Crippen molar-refractivity contribution in [2.24, 2.45) is 7.05 Å². The van der Waals surface area contributed by atoms with Crippen molar-refractivity contribution in [3.63, 3.8) is 0 Å². The highest BCUT2D eigenvalue weighted by Gasteiger charge is 2.12. The summed E-state index contributed by atoms with van der Waals surface area (Å²) in [6.45, 7) is 0. The summed E-state index contributed by atoms with van der Waals surface area (Å²) in [5.41, 5.74) is 18.9. The zero-order valence-corrected chi connectivity index (χ0v) is 14.8. The molecule has 0 unspecified atom stereocenters. The number of nitrogens with zero attached hydrogens (tertiary/aromatic N) is 3. The maximum absolute atomic E-state index is 5.89. The van der Waals surface area contributed by atoms with Gasteiger partial charge in [-0.05, 0) is 60.7 Å². The van der Waals surface area contributed by atoms with Crippen molar-refractivity contribution in [1.29, 1.82) is 0 Å². The van der Waals surface area contributed by atoms with Crippen molar-refractivity contribution in [2.45, 2.75) is 0 Å². The number of aromatic nitrogens is 4. The number of rotatable bonds is 2. The molecule has 0 saturated carbocycles. The molecular weight excluding hydrogens is 336 g/mol. The molecule has 6 heteroatoms. The van der Waals surface area contributed by atoms with Crippen LogP contribution in [0.5, 0.6) is 0 Å². The van der Waals surface area contributed by atoms with Crippen molar-refractivity contribution >= 4 is 33.4 Å². The fraction of sp³-hybridized carbons (Fsp3) is 0.0476. The fourth-order valence-corrected chi connectivity index (χ4v) is 3.40. The van der Waals surface area contributed by atoms with Crippen LogP contribution < -0.4 is 11.5 Å². The summed E-state index contributed by atoms with van der Waals surface area (Å²) in [6, 6.07) is 19.6. The van der Waals surface area contributed by atoms with E-state index >= 15 is 0 Å². The number of aromatic amines is 1. The molecule has 0 bridgehead atoms. The normalized spacial score (nSPS) is 11.4. The van der Waals surface area contributed by atoms with Gasteiger partial charge in [-0.2, -0.15) is 0 Å². The van der Waals surface area contributed by atoms with E-state index in [9.17, 15) is 0 Å². The minimum absolute atomic E-state index is 0.712. The Morgan fingerprint density at radius 3 is 2.33 bits per heavy atom. The van der Waals surface area contributed by atoms with E-state index < -0.39 is 0 Å². The quantitative estimate of drug-likeness (QED) is 0.418. The molecule has 5 rings (SSSR count). The molecule has 27 heavy (non-hydrogen) atoms. The first kappa shape index (κ1) is 15.5. The number of H-pyrrole nitrogens is 1. The van der Waals surface area contributed by atoms with Crippen molar-refractivity contribution in [2.75, 3.05) is 11.5 Å². The van der Waals surface area contributed by atoms with Crippen LogP contribution in [0.1, 0.15) is 0 Å². The van der Waals surface area contributed by atoms with Gasteiger partial charge in [0, 0.05) is 29.5 Å². The highest BCUT2D eigenvalue weighted by Crippen LogP contribution is 2.28. The minimum Gasteiger partial charge on any atom is -0.399 e. The summed E-state index contributed by atoms with van der Waals surface area (Å²) in [7, 11) is 2.01. The zero-order chi connectivity index (χ0) is 18.5. The summed E-state index contributed by atoms with van der Waals surface area (Å²) in [4.78, 5) is 12.8. The summed E-state index contributed by atoms with van der Waals surface area (Å²) >= 11 is 0. The summed E-state index contributed by atoms with van der Waals surface area (Å²) < 4.78 is 2.08. The Kier molecular flexibility index (Phi) is 3.21. The van der Waals surface area contributed by atoms with Gasteiger partial charge in [-0.15, -0.1) is 0 Å². The molecule has 0 atom stereocenters. The van der Waals surface area contributed by atoms with Crippen LogP contribution in [0.25, 0.3) is 44.8 Å². The smallest absolute Gasteiger partial charge is 0.140 e. The lowest BCUT2D eigenvalue weighted by molar-refractivity contribution is 0.960. The molecule has 0 aliphatic rings. The average molecular weight is 354 g/mol. The maximum atomic E-state index is 5.89. The van der Waals surface area contributed by atoms with Crippen molar-refractivity contribution in [3.8, 4) is 22.8 Å². The van der Waals surface area contributed by atoms with Crippen LogP contribution >= 0.6 is 0 Å². The fourth-order valence-electron chi connectivity index (χ4n) is 3.40. The van der Waals surface area contributed by atoms with Gasteiger partial charge in [0.1, 0.15) is 11.6 Å². The number of nitrogen functional groups attached to an aromatic ring is 2. The van der Waals surface area contributed by atoms with Crippen LogP contribution in [0.4, 0.5) is 11.4 Å². The number of imidazole rings is 2. The van der Waals surface area contributed by atoms with E-state index in [2.05, 4.69) is 20.6 Å². The molecule has 0 saturated heterocycles. The van der Waals surface area contributed by atoms with Gasteiger partial charge in [0.2, 0.25) is 0 Å². The Labute approximate surface area is 155 Å². The first-order chi connectivity index (χ1) is 13.1. The average Bonchev–Trinajstić information content (AvgIpc) is 3.22. The second kappa shape index (κ2) is 5.60. The van der Waals surface area contributed by atoms with Gasteiger partial charge in [-0.1, -0.05) is 0 Å². The molecule has 0 fully saturated rings. The second-order valence-corrected chi connectivity index (χ2v) is 6.68. The summed E-state index contributed by atoms with van der Waals surface area (Å²) in [6.07, 6.45) is 0. The predicted octanol–water partition coefficient (Wildman–Crippen LogP) is 3.95. The summed E-state index contributed by atoms with van der Waals surface area (Å²) in [5.74, 6) is 1.71. The van der Waals surface area contributed by atoms with Crippen LogP contribution in [0, 0.1) is 0 Å². The molecule has 0 aliphatic heterocycles. The Morgan fingerprint density at radius 2 is 1.52 bits per heavy atom. The first-order valence-corrected chi connectivity index (χ1v) is 8.66. The first-order valence-electron chi connectivity index (χ1n) is 8.66. The van der Waals surface area contributed by atoms with Crippen molar-refractivity contribution in [3.05, 3.63) is 60.7 Å². The van der Waals surface area contributed by atoms with E-state index in [4.69, 9.17) is 16.5 Å². The molecule has 2 aromatic heterocycles. The number of benzene rings is 3. The zero-order valence-electron chi connectivity index (χ0n) is 14.8. The number of aryl methyl sites for hydroxylation is 1. The Hall–Kier alpha value is -3.80. The Balaban J connectivity index is 1.62. The lowest BCUT2D eigenvalue weighted by Gasteiger charge is -2.02. The van der Waals surface area contributed by atoms with Crippen LogP contribution in [0.15, 0.2) is 60.7 Å². The van der Waals surface area contributed by atoms with Gasteiger partial charge in [0.15, 0.2) is 0 Å². The van der Waals surface area contributed by atoms with Crippen LogP contribution in [0.2, 0.25) is 0 Å². The van der Waals surface area contributed by atoms with Gasteiger partial charge in [-0.3, -0.25) is 0 Å². The molecule has 0 amide bonds. The number of nitrogens with two attached hydrogens (primary N) is 2. The molecule has 6 nitrogen and oxygen atoms in total. The molecule has 5 aromatic rings. The third-order valence-corrected chi connectivity index (χ3v) is 4.83. The third-order valence-electron chi connectivity index (χ3n) is 4.83. The van der Waals surface area contributed by atoms with E-state index in [1.165, 1.54) is 0 Å². The number of fused-ring (bicyclic) bond motifs is 2. The minimum atomic E-state index is 0.712. The largest absolute Gasteiger partial charge is 0.399 e. The number of hydrogen-bond donors (Lipinski definition) is 3. The maximum Gasteiger partial charge on any atom is 0.140 e. The molecule has 2 heterocycles. The van der Waals surface area contributed by atoms with Crippen LogP contribution in [-0.4, -0.2) is 19.5 Å². The van der Waals surface area contributed by atoms with Crippen LogP contribution in [0.3, 0.4) is 0 Å². The summed E-state index contributed by atoms with van der Waals surface area (Å²) in [5, 5.41) is 0. The van der Waals surface area contributed by atoms with E-state index in [1.54, 1.807) is 0 Å². The number of nitrogens with one attached hydrogen (secondary N) is 1. The van der Waals surface area contributed by atoms with Gasteiger partial charge >= 0.3 is 0 Å². The van der Waals surface area contributed by atoms with Gasteiger partial charge in [-0.25, -0.2) is 9.97 Å². The molecule has 132 valence electrons. The Morgan fingerprint density at radius 1 is 0.778 bits per heavy atom. The highest BCUT2D eigenvalue weighted by atomic mass is 15.1. The van der Waals surface area contributed by atoms with Gasteiger partial charge in [0.25, 0.3) is 0 Å². The van der Waals surface area contributed by atoms with E-state index in [1.807, 2.05) is 61.6 Å². The molecule has 0 radical (unpaired) electrons. The predicted molar refractivity (Wildman–Crippen MR) is 110 cm³/mol. The SMILES string of the molecule is Cn1c(-c2ccc3nc(-c4ccc(N)cc4)[nH]c3c2)nc2cc(N)ccc21.